The van der Waals surface area contributed by atoms with Gasteiger partial charge in [0.25, 0.3) is 5.89 Å². The average Bonchev–Trinajstić information content (AvgIpc) is 3.13. The summed E-state index contributed by atoms with van der Waals surface area (Å²) in [6, 6.07) is 11.1. The summed E-state index contributed by atoms with van der Waals surface area (Å²) in [6.45, 7) is 2.07. The van der Waals surface area contributed by atoms with Crippen molar-refractivity contribution in [3.8, 4) is 23.0 Å². The van der Waals surface area contributed by atoms with Crippen LogP contribution < -0.4 is 4.90 Å². The minimum atomic E-state index is 0.359. The fourth-order valence-corrected chi connectivity index (χ4v) is 2.90. The fraction of sp³-hybridized carbons (Fsp3) is 0.294. The highest BCUT2D eigenvalue weighted by molar-refractivity contribution is 6.30. The highest BCUT2D eigenvalue weighted by Crippen LogP contribution is 2.23. The second kappa shape index (κ2) is 6.57. The molecule has 0 atom stereocenters. The zero-order valence-electron chi connectivity index (χ0n) is 13.0. The molecular formula is C17H16ClN5O. The molecule has 1 aromatic carbocycles. The molecular weight excluding hydrogens is 326 g/mol. The minimum Gasteiger partial charge on any atom is -0.355 e. The first-order valence-corrected chi connectivity index (χ1v) is 8.36. The Kier molecular flexibility index (Phi) is 4.13. The predicted molar refractivity (Wildman–Crippen MR) is 91.8 cm³/mol. The van der Waals surface area contributed by atoms with E-state index in [-0.39, 0.29) is 0 Å². The first-order chi connectivity index (χ1) is 11.8. The Hall–Kier alpha value is -2.47. The molecule has 7 heteroatoms. The Labute approximate surface area is 144 Å². The van der Waals surface area contributed by atoms with Gasteiger partial charge in [0.1, 0.15) is 0 Å². The normalized spacial score (nSPS) is 14.8. The lowest BCUT2D eigenvalue weighted by Gasteiger charge is -2.27. The van der Waals surface area contributed by atoms with Gasteiger partial charge in [-0.25, -0.2) is 0 Å². The second-order valence-corrected chi connectivity index (χ2v) is 6.19. The first kappa shape index (κ1) is 15.1. The molecule has 1 saturated heterocycles. The van der Waals surface area contributed by atoms with Crippen molar-refractivity contribution >= 4 is 17.4 Å². The highest BCUT2D eigenvalue weighted by atomic mass is 35.5. The smallest absolute Gasteiger partial charge is 0.278 e. The van der Waals surface area contributed by atoms with E-state index in [0.717, 1.165) is 24.5 Å². The monoisotopic (exact) mass is 341 g/mol. The summed E-state index contributed by atoms with van der Waals surface area (Å²) in [7, 11) is 0. The number of rotatable bonds is 3. The minimum absolute atomic E-state index is 0.359. The van der Waals surface area contributed by atoms with Gasteiger partial charge in [-0.15, -0.1) is 10.2 Å². The molecule has 6 nitrogen and oxygen atoms in total. The van der Waals surface area contributed by atoms with Crippen LogP contribution in [0, 0.1) is 0 Å². The molecule has 1 fully saturated rings. The molecule has 24 heavy (non-hydrogen) atoms. The van der Waals surface area contributed by atoms with E-state index in [1.165, 1.54) is 19.3 Å². The summed E-state index contributed by atoms with van der Waals surface area (Å²) in [6.07, 6.45) is 3.70. The maximum absolute atomic E-state index is 5.89. The zero-order chi connectivity index (χ0) is 16.4. The molecule has 0 saturated carbocycles. The highest BCUT2D eigenvalue weighted by Gasteiger charge is 2.15. The van der Waals surface area contributed by atoms with Gasteiger partial charge in [0.2, 0.25) is 5.82 Å². The van der Waals surface area contributed by atoms with Crippen molar-refractivity contribution in [1.82, 2.24) is 20.3 Å². The van der Waals surface area contributed by atoms with Gasteiger partial charge in [-0.05, 0) is 55.7 Å². The third kappa shape index (κ3) is 3.10. The standard InChI is InChI=1S/C17H16ClN5O/c18-13-6-4-12(5-7-13)16-19-17(24-22-16)14-8-9-15(21-20-14)23-10-2-1-3-11-23/h4-9H,1-3,10-11H2. The van der Waals surface area contributed by atoms with Crippen LogP contribution >= 0.6 is 11.6 Å². The molecule has 2 aromatic heterocycles. The van der Waals surface area contributed by atoms with E-state index in [0.29, 0.717) is 22.4 Å². The van der Waals surface area contributed by atoms with Crippen LogP contribution in [0.2, 0.25) is 5.02 Å². The molecule has 1 aliphatic heterocycles. The summed E-state index contributed by atoms with van der Waals surface area (Å²) < 4.78 is 5.31. The number of anilines is 1. The SMILES string of the molecule is Clc1ccc(-c2noc(-c3ccc(N4CCCCC4)nn3)n2)cc1. The van der Waals surface area contributed by atoms with Crippen molar-refractivity contribution in [2.24, 2.45) is 0 Å². The summed E-state index contributed by atoms with van der Waals surface area (Å²) in [5.41, 5.74) is 1.41. The Bertz CT molecular complexity index is 810. The number of halogens is 1. The summed E-state index contributed by atoms with van der Waals surface area (Å²) in [5.74, 6) is 1.76. The summed E-state index contributed by atoms with van der Waals surface area (Å²) in [4.78, 5) is 6.64. The van der Waals surface area contributed by atoms with Crippen LogP contribution in [0.3, 0.4) is 0 Å². The molecule has 0 radical (unpaired) electrons. The number of nitrogens with zero attached hydrogens (tertiary/aromatic N) is 5. The van der Waals surface area contributed by atoms with Gasteiger partial charge in [0.15, 0.2) is 11.5 Å². The van der Waals surface area contributed by atoms with Gasteiger partial charge in [-0.1, -0.05) is 16.8 Å². The summed E-state index contributed by atoms with van der Waals surface area (Å²) >= 11 is 5.89. The van der Waals surface area contributed by atoms with Crippen LogP contribution in [0.5, 0.6) is 0 Å². The maximum atomic E-state index is 5.89. The van der Waals surface area contributed by atoms with Gasteiger partial charge in [-0.3, -0.25) is 0 Å². The molecule has 4 rings (SSSR count). The lowest BCUT2D eigenvalue weighted by atomic mass is 10.1. The molecule has 3 aromatic rings. The number of hydrogen-bond donors (Lipinski definition) is 0. The van der Waals surface area contributed by atoms with Crippen LogP contribution in [0.25, 0.3) is 23.0 Å². The zero-order valence-corrected chi connectivity index (χ0v) is 13.8. The molecule has 0 unspecified atom stereocenters. The molecule has 0 amide bonds. The Morgan fingerprint density at radius 2 is 1.71 bits per heavy atom. The Balaban J connectivity index is 1.54. The summed E-state index contributed by atoms with van der Waals surface area (Å²) in [5, 5.41) is 13.2. The van der Waals surface area contributed by atoms with Gasteiger partial charge in [0, 0.05) is 23.7 Å². The average molecular weight is 342 g/mol. The predicted octanol–water partition coefficient (Wildman–Crippen LogP) is 3.84. The van der Waals surface area contributed by atoms with Gasteiger partial charge in [0.05, 0.1) is 0 Å². The van der Waals surface area contributed by atoms with Crippen molar-refractivity contribution in [2.75, 3.05) is 18.0 Å². The third-order valence-corrected chi connectivity index (χ3v) is 4.33. The van der Waals surface area contributed by atoms with Crippen molar-refractivity contribution in [1.29, 1.82) is 0 Å². The van der Waals surface area contributed by atoms with Crippen LogP contribution in [-0.2, 0) is 0 Å². The molecule has 0 aliphatic carbocycles. The lowest BCUT2D eigenvalue weighted by Crippen LogP contribution is -2.30. The quantitative estimate of drug-likeness (QED) is 0.721. The molecule has 122 valence electrons. The van der Waals surface area contributed by atoms with Crippen molar-refractivity contribution < 1.29 is 4.52 Å². The maximum Gasteiger partial charge on any atom is 0.278 e. The fourth-order valence-electron chi connectivity index (χ4n) is 2.77. The van der Waals surface area contributed by atoms with E-state index in [9.17, 15) is 0 Å². The number of benzene rings is 1. The number of hydrogen-bond acceptors (Lipinski definition) is 6. The van der Waals surface area contributed by atoms with Crippen molar-refractivity contribution in [3.63, 3.8) is 0 Å². The van der Waals surface area contributed by atoms with E-state index >= 15 is 0 Å². The van der Waals surface area contributed by atoms with Gasteiger partial charge < -0.3 is 9.42 Å². The van der Waals surface area contributed by atoms with Crippen LogP contribution in [0.1, 0.15) is 19.3 Å². The van der Waals surface area contributed by atoms with E-state index in [1.807, 2.05) is 24.3 Å². The van der Waals surface area contributed by atoms with E-state index in [4.69, 9.17) is 16.1 Å². The Morgan fingerprint density at radius 3 is 2.42 bits per heavy atom. The molecule has 0 spiro atoms. The van der Waals surface area contributed by atoms with Crippen LogP contribution in [-0.4, -0.2) is 33.4 Å². The molecule has 0 N–H and O–H groups in total. The first-order valence-electron chi connectivity index (χ1n) is 7.98. The van der Waals surface area contributed by atoms with Crippen molar-refractivity contribution in [2.45, 2.75) is 19.3 Å². The number of piperidine rings is 1. The van der Waals surface area contributed by atoms with Crippen LogP contribution in [0.4, 0.5) is 5.82 Å². The molecule has 0 bridgehead atoms. The Morgan fingerprint density at radius 1 is 0.917 bits per heavy atom. The van der Waals surface area contributed by atoms with E-state index < -0.39 is 0 Å². The van der Waals surface area contributed by atoms with Gasteiger partial charge in [-0.2, -0.15) is 4.98 Å². The molecule has 1 aliphatic rings. The van der Waals surface area contributed by atoms with E-state index in [2.05, 4.69) is 25.2 Å². The van der Waals surface area contributed by atoms with E-state index in [1.54, 1.807) is 12.1 Å². The lowest BCUT2D eigenvalue weighted by molar-refractivity contribution is 0.430. The largest absolute Gasteiger partial charge is 0.355 e. The molecule has 3 heterocycles. The third-order valence-electron chi connectivity index (χ3n) is 4.08. The van der Waals surface area contributed by atoms with Crippen molar-refractivity contribution in [3.05, 3.63) is 41.4 Å². The topological polar surface area (TPSA) is 67.9 Å². The second-order valence-electron chi connectivity index (χ2n) is 5.75. The van der Waals surface area contributed by atoms with Crippen LogP contribution in [0.15, 0.2) is 40.9 Å². The number of aromatic nitrogens is 4. The van der Waals surface area contributed by atoms with Gasteiger partial charge >= 0.3 is 0 Å².